The monoisotopic (exact) mass is 1470 g/mol. The number of ether oxygens (including phenoxy) is 6. The van der Waals surface area contributed by atoms with Gasteiger partial charge in [0.25, 0.3) is 11.6 Å². The van der Waals surface area contributed by atoms with Gasteiger partial charge in [-0.15, -0.1) is 0 Å². The molecule has 0 heterocycles. The van der Waals surface area contributed by atoms with Crippen LogP contribution in [-0.4, -0.2) is 67.2 Å². The van der Waals surface area contributed by atoms with Crippen LogP contribution in [0.4, 0.5) is 32.4 Å². The predicted octanol–water partition coefficient (Wildman–Crippen LogP) is 15.2. The van der Waals surface area contributed by atoms with E-state index < -0.39 is 81.1 Å². The number of nitrogens with one attached hydrogen (secondary N) is 2. The first kappa shape index (κ1) is 67.4. The van der Waals surface area contributed by atoms with Crippen molar-refractivity contribution in [2.45, 2.75) is 65.3 Å². The van der Waals surface area contributed by atoms with E-state index in [4.69, 9.17) is 33.4 Å². The molecule has 88 heavy (non-hydrogen) atoms. The molecule has 7 aromatic carbocycles. The summed E-state index contributed by atoms with van der Waals surface area (Å²) in [6, 6.07) is 31.8. The number of alkyl carbamates (subject to hydrolysis) is 1. The lowest BCUT2D eigenvalue weighted by Crippen LogP contribution is -2.34. The van der Waals surface area contributed by atoms with E-state index in [2.05, 4.69) is 89.4 Å². The molecule has 0 radical (unpaired) electrons. The third-order valence-electron chi connectivity index (χ3n) is 12.2. The molecule has 0 spiro atoms. The summed E-state index contributed by atoms with van der Waals surface area (Å²) in [5, 5.41) is 26.4. The number of nitrogens with zero attached hydrogens (tertiary/aromatic N) is 3. The minimum absolute atomic E-state index is 0.0164. The van der Waals surface area contributed by atoms with Gasteiger partial charge in [0.15, 0.2) is 28.7 Å². The van der Waals surface area contributed by atoms with Crippen molar-refractivity contribution in [1.29, 1.82) is 0 Å². The van der Waals surface area contributed by atoms with E-state index in [9.17, 15) is 46.5 Å². The average Bonchev–Trinajstić information content (AvgIpc) is 1.50. The lowest BCUT2D eigenvalue weighted by molar-refractivity contribution is -0.385. The number of nitro groups is 1. The highest BCUT2D eigenvalue weighted by atomic mass is 79.9. The molecule has 462 valence electrons. The van der Waals surface area contributed by atoms with Gasteiger partial charge in [0, 0.05) is 31.5 Å². The van der Waals surface area contributed by atoms with Crippen LogP contribution in [0.3, 0.4) is 0 Å². The van der Waals surface area contributed by atoms with Crippen LogP contribution in [-0.2, 0) is 62.9 Å². The molecule has 0 bridgehead atoms. The summed E-state index contributed by atoms with van der Waals surface area (Å²) in [5.74, 6) is -15.3. The first-order chi connectivity index (χ1) is 41.9. The van der Waals surface area contributed by atoms with Crippen LogP contribution in [0.5, 0.6) is 40.2 Å². The number of oxime groups is 2. The molecule has 0 saturated heterocycles. The molecule has 27 heteroatoms. The van der Waals surface area contributed by atoms with E-state index in [0.29, 0.717) is 61.2 Å². The predicted molar refractivity (Wildman–Crippen MR) is 328 cm³/mol. The second-order valence-electron chi connectivity index (χ2n) is 19.8. The smallest absolute Gasteiger partial charge is 0.407 e. The van der Waals surface area contributed by atoms with Crippen LogP contribution in [0.1, 0.15) is 54.2 Å². The van der Waals surface area contributed by atoms with E-state index in [-0.39, 0.29) is 59.2 Å². The van der Waals surface area contributed by atoms with Crippen LogP contribution >= 0.6 is 63.7 Å². The number of methoxy groups -OCH3 is 2. The molecule has 2 amide bonds. The van der Waals surface area contributed by atoms with Crippen LogP contribution in [0.2, 0.25) is 0 Å². The van der Waals surface area contributed by atoms with Gasteiger partial charge in [-0.3, -0.25) is 14.9 Å². The molecular weight excluding hydrogens is 1430 g/mol. The highest BCUT2D eigenvalue weighted by Crippen LogP contribution is 2.44. The van der Waals surface area contributed by atoms with Gasteiger partial charge in [-0.05, 0) is 168 Å². The molecule has 0 fully saturated rings. The van der Waals surface area contributed by atoms with Gasteiger partial charge in [0.2, 0.25) is 34.8 Å². The molecule has 2 N–H and O–H groups in total. The highest BCUT2D eigenvalue weighted by Gasteiger charge is 2.32. The number of carbonyl (C=O) groups excluding carboxylic acids is 3. The third-order valence-corrected chi connectivity index (χ3v) is 14.6. The lowest BCUT2D eigenvalue weighted by Gasteiger charge is -2.19. The summed E-state index contributed by atoms with van der Waals surface area (Å²) in [4.78, 5) is 62.7. The first-order valence-electron chi connectivity index (χ1n) is 26.2. The zero-order chi connectivity index (χ0) is 63.8. The Morgan fingerprint density at radius 3 is 1.60 bits per heavy atom. The van der Waals surface area contributed by atoms with Crippen molar-refractivity contribution in [2.24, 2.45) is 10.3 Å². The normalized spacial score (nSPS) is 11.6. The Morgan fingerprint density at radius 1 is 0.545 bits per heavy atom. The molecule has 7 rings (SSSR count). The van der Waals surface area contributed by atoms with Crippen molar-refractivity contribution in [1.82, 2.24) is 10.6 Å². The topological polar surface area (TPSA) is 217 Å². The Hall–Kier alpha value is -8.14. The molecule has 0 saturated carbocycles. The summed E-state index contributed by atoms with van der Waals surface area (Å²) in [6.45, 7) is 5.51. The summed E-state index contributed by atoms with van der Waals surface area (Å²) in [6.07, 6.45) is -0.720. The number of rotatable bonds is 26. The van der Waals surface area contributed by atoms with Gasteiger partial charge in [0.05, 0.1) is 43.1 Å². The number of hydrogen-bond donors (Lipinski definition) is 2. The number of carbonyl (C=O) groups is 3. The fourth-order valence-electron chi connectivity index (χ4n) is 8.09. The van der Waals surface area contributed by atoms with E-state index in [1.165, 1.54) is 20.3 Å². The molecule has 0 aliphatic heterocycles. The van der Waals surface area contributed by atoms with Crippen molar-refractivity contribution in [2.75, 3.05) is 27.3 Å². The van der Waals surface area contributed by atoms with Gasteiger partial charge in [0.1, 0.15) is 36.0 Å². The van der Waals surface area contributed by atoms with E-state index >= 15 is 0 Å². The number of benzene rings is 7. The van der Waals surface area contributed by atoms with Crippen LogP contribution in [0, 0.1) is 39.2 Å². The van der Waals surface area contributed by atoms with Gasteiger partial charge < -0.3 is 48.7 Å². The number of nitro benzene ring substituents is 1. The second kappa shape index (κ2) is 31.2. The molecule has 0 atom stereocenters. The minimum Gasteiger partial charge on any atom is -0.492 e. The minimum atomic E-state index is -2.51. The standard InChI is InChI=1S/C61H52Br4F5N5O13/c1-61(2,3)88-60(78)72-21-19-36-23-41(64)55(81-4)48(26-36)85-46-17-16-33(22-39(46)62)18-20-71-58(76)43(73-83-31-34-12-8-6-9-13-34)25-37-24-42(65)56(82-5)49(27-37)86-47-30-45(75(79)80)38(28-40(47)63)29-44(74-84-32-35-14-10-7-11-15-35)59(77)87-57-53(69)51(67)50(66)52(68)54(57)70/h6-17,22-24,26-28,30H,18-21,25,29,31-32H2,1-5H3,(H,71,76)(H,72,78)/b73-43+,74-44+. The maximum Gasteiger partial charge on any atom is 0.407 e. The van der Waals surface area contributed by atoms with Crippen molar-refractivity contribution in [3.05, 3.63) is 206 Å². The maximum atomic E-state index is 14.7. The lowest BCUT2D eigenvalue weighted by atomic mass is 10.1. The van der Waals surface area contributed by atoms with Crippen molar-refractivity contribution < 1.29 is 79.4 Å². The third kappa shape index (κ3) is 18.5. The van der Waals surface area contributed by atoms with Crippen molar-refractivity contribution >= 4 is 98.8 Å². The molecular formula is C61H52Br4F5N5O13. The molecule has 0 unspecified atom stereocenters. The molecule has 0 aliphatic carbocycles. The summed E-state index contributed by atoms with van der Waals surface area (Å²) in [5.41, 5.74) is 0.798. The first-order valence-corrected chi connectivity index (χ1v) is 29.4. The Balaban J connectivity index is 1.09. The van der Waals surface area contributed by atoms with E-state index in [1.54, 1.807) is 63.2 Å². The number of halogens is 9. The second-order valence-corrected chi connectivity index (χ2v) is 23.2. The van der Waals surface area contributed by atoms with Crippen molar-refractivity contribution in [3.8, 4) is 40.2 Å². The molecule has 0 aromatic heterocycles. The van der Waals surface area contributed by atoms with Gasteiger partial charge in [-0.2, -0.15) is 8.78 Å². The Kier molecular flexibility index (Phi) is 23.9. The number of amides is 2. The van der Waals surface area contributed by atoms with Crippen LogP contribution in [0.25, 0.3) is 0 Å². The number of hydrogen-bond acceptors (Lipinski definition) is 15. The maximum absolute atomic E-state index is 14.7. The Bertz CT molecular complexity index is 3760. The Morgan fingerprint density at radius 2 is 1.05 bits per heavy atom. The van der Waals surface area contributed by atoms with Crippen LogP contribution < -0.4 is 34.3 Å². The van der Waals surface area contributed by atoms with Crippen molar-refractivity contribution in [3.63, 3.8) is 0 Å². The van der Waals surface area contributed by atoms with Gasteiger partial charge in [-0.25, -0.2) is 22.8 Å². The van der Waals surface area contributed by atoms with Gasteiger partial charge in [-0.1, -0.05) is 77.0 Å². The average molecular weight is 1480 g/mol. The molecule has 7 aromatic rings. The quantitative estimate of drug-likeness (QED) is 0.00755. The zero-order valence-electron chi connectivity index (χ0n) is 47.2. The largest absolute Gasteiger partial charge is 0.492 e. The van der Waals surface area contributed by atoms with E-state index in [1.807, 2.05) is 54.6 Å². The highest BCUT2D eigenvalue weighted by molar-refractivity contribution is 9.11. The SMILES string of the molecule is COc1c(Br)cc(CCNC(=O)OC(C)(C)C)cc1Oc1ccc(CCNC(=O)/C(Cc2cc(Br)c(OC)c(Oc3cc([N+](=O)[O-])c(C/C(=N\OCc4ccccc4)C(=O)Oc4c(F)c(F)c(F)c(F)c4F)cc3Br)c2)=N/OCc2ccccc2)cc1Br. The van der Waals surface area contributed by atoms with E-state index in [0.717, 1.165) is 28.8 Å². The number of esters is 1. The summed E-state index contributed by atoms with van der Waals surface area (Å²) in [7, 11) is 2.85. The van der Waals surface area contributed by atoms with Crippen LogP contribution in [0.15, 0.2) is 143 Å². The zero-order valence-corrected chi connectivity index (χ0v) is 53.5. The molecule has 18 nitrogen and oxygen atoms in total. The van der Waals surface area contributed by atoms with Gasteiger partial charge >= 0.3 is 12.1 Å². The fraction of sp³-hybridized carbons (Fsp3) is 0.230. The summed E-state index contributed by atoms with van der Waals surface area (Å²) < 4.78 is 107. The fourth-order valence-corrected chi connectivity index (χ4v) is 10.4. The molecule has 0 aliphatic rings. The summed E-state index contributed by atoms with van der Waals surface area (Å²) >= 11 is 14.0. The Labute approximate surface area is 534 Å².